The van der Waals surface area contributed by atoms with Crippen LogP contribution in [0.3, 0.4) is 0 Å². The number of rotatable bonds is 3. The summed E-state index contributed by atoms with van der Waals surface area (Å²) in [6.45, 7) is 4.83. The maximum absolute atomic E-state index is 9.92. The first-order valence-electron chi connectivity index (χ1n) is 5.31. The molecule has 6 heteroatoms. The summed E-state index contributed by atoms with van der Waals surface area (Å²) in [6.07, 6.45) is -3.37. The van der Waals surface area contributed by atoms with Gasteiger partial charge in [-0.25, -0.2) is 0 Å². The zero-order valence-electron chi connectivity index (χ0n) is 9.70. The summed E-state index contributed by atoms with van der Waals surface area (Å²) in [6, 6.07) is 0. The van der Waals surface area contributed by atoms with Gasteiger partial charge in [0.1, 0.15) is 29.3 Å². The number of aliphatic hydroxyl groups is 4. The van der Waals surface area contributed by atoms with Crippen molar-refractivity contribution in [2.45, 2.75) is 55.4 Å². The maximum atomic E-state index is 9.92. The Balaban J connectivity index is 2.79. The number of thioether (sulfide) groups is 1. The van der Waals surface area contributed by atoms with Gasteiger partial charge in [-0.3, -0.25) is 0 Å². The summed E-state index contributed by atoms with van der Waals surface area (Å²) in [7, 11) is 0. The molecule has 1 heterocycles. The number of hydrogen-bond donors (Lipinski definition) is 4. The highest BCUT2D eigenvalue weighted by Crippen LogP contribution is 2.35. The van der Waals surface area contributed by atoms with E-state index in [0.717, 1.165) is 0 Å². The molecule has 1 saturated heterocycles. The van der Waals surface area contributed by atoms with E-state index in [9.17, 15) is 15.3 Å². The van der Waals surface area contributed by atoms with Gasteiger partial charge in [0.15, 0.2) is 0 Å². The van der Waals surface area contributed by atoms with Gasteiger partial charge in [0.05, 0.1) is 6.61 Å². The van der Waals surface area contributed by atoms with Gasteiger partial charge in [-0.05, 0) is 6.92 Å². The molecule has 0 aromatic rings. The van der Waals surface area contributed by atoms with Crippen molar-refractivity contribution in [2.24, 2.45) is 0 Å². The van der Waals surface area contributed by atoms with E-state index in [0.29, 0.717) is 0 Å². The first-order valence-corrected chi connectivity index (χ1v) is 6.25. The van der Waals surface area contributed by atoms with Crippen molar-refractivity contribution in [3.8, 4) is 0 Å². The SMILES string of the molecule is CC(C)S[C@H]1OC(CO)[C@](C)(O)C(O)[C@H]1O. The van der Waals surface area contributed by atoms with Crippen molar-refractivity contribution in [1.29, 1.82) is 0 Å². The Morgan fingerprint density at radius 2 is 1.94 bits per heavy atom. The average molecular weight is 252 g/mol. The average Bonchev–Trinajstić information content (AvgIpc) is 2.19. The highest BCUT2D eigenvalue weighted by molar-refractivity contribution is 8.00. The topological polar surface area (TPSA) is 90.2 Å². The van der Waals surface area contributed by atoms with Crippen molar-refractivity contribution in [2.75, 3.05) is 6.61 Å². The monoisotopic (exact) mass is 252 g/mol. The second-order valence-corrected chi connectivity index (χ2v) is 6.20. The van der Waals surface area contributed by atoms with Crippen LogP contribution in [0.25, 0.3) is 0 Å². The van der Waals surface area contributed by atoms with Crippen LogP contribution in [-0.2, 0) is 4.74 Å². The summed E-state index contributed by atoms with van der Waals surface area (Å²) in [5, 5.41) is 38.8. The molecule has 1 fully saturated rings. The van der Waals surface area contributed by atoms with Crippen LogP contribution in [0.15, 0.2) is 0 Å². The lowest BCUT2D eigenvalue weighted by molar-refractivity contribution is -0.250. The van der Waals surface area contributed by atoms with Gasteiger partial charge in [-0.15, -0.1) is 11.8 Å². The first-order chi connectivity index (χ1) is 7.30. The Labute approximate surface area is 99.4 Å². The van der Waals surface area contributed by atoms with Crippen LogP contribution in [0.1, 0.15) is 20.8 Å². The van der Waals surface area contributed by atoms with Crippen molar-refractivity contribution in [1.82, 2.24) is 0 Å². The molecular formula is C10H20O5S. The summed E-state index contributed by atoms with van der Waals surface area (Å²) in [5.41, 5.74) is -2.27. The first kappa shape index (κ1) is 14.2. The van der Waals surface area contributed by atoms with Gasteiger partial charge in [-0.2, -0.15) is 0 Å². The molecule has 4 N–H and O–H groups in total. The van der Waals surface area contributed by atoms with E-state index >= 15 is 0 Å². The quantitative estimate of drug-likeness (QED) is 0.532. The van der Waals surface area contributed by atoms with Crippen LogP contribution in [0.4, 0.5) is 0 Å². The predicted molar refractivity (Wildman–Crippen MR) is 61.1 cm³/mol. The van der Waals surface area contributed by atoms with E-state index in [2.05, 4.69) is 0 Å². The minimum absolute atomic E-state index is 0.217. The Morgan fingerprint density at radius 3 is 2.38 bits per heavy atom. The predicted octanol–water partition coefficient (Wildman–Crippen LogP) is -0.682. The van der Waals surface area contributed by atoms with E-state index < -0.39 is 36.0 Å². The lowest BCUT2D eigenvalue weighted by Gasteiger charge is -2.46. The largest absolute Gasteiger partial charge is 0.394 e. The molecule has 0 aromatic carbocycles. The summed E-state index contributed by atoms with van der Waals surface area (Å²) >= 11 is 1.35. The second-order valence-electron chi connectivity index (χ2n) is 4.52. The molecule has 0 aliphatic carbocycles. The highest BCUT2D eigenvalue weighted by Gasteiger charge is 2.51. The highest BCUT2D eigenvalue weighted by atomic mass is 32.2. The molecule has 16 heavy (non-hydrogen) atoms. The fraction of sp³-hybridized carbons (Fsp3) is 1.00. The van der Waals surface area contributed by atoms with Gasteiger partial charge in [-0.1, -0.05) is 13.8 Å². The fourth-order valence-corrected chi connectivity index (χ4v) is 2.72. The van der Waals surface area contributed by atoms with Gasteiger partial charge in [0.2, 0.25) is 0 Å². The summed E-state index contributed by atoms with van der Waals surface area (Å²) < 4.78 is 5.40. The Morgan fingerprint density at radius 1 is 1.38 bits per heavy atom. The van der Waals surface area contributed by atoms with Crippen LogP contribution in [0.2, 0.25) is 0 Å². The lowest BCUT2D eigenvalue weighted by atomic mass is 9.87. The number of aliphatic hydroxyl groups excluding tert-OH is 3. The van der Waals surface area contributed by atoms with Crippen LogP contribution in [0, 0.1) is 0 Å². The van der Waals surface area contributed by atoms with Crippen LogP contribution >= 0.6 is 11.8 Å². The summed E-state index contributed by atoms with van der Waals surface area (Å²) in [5.74, 6) is 0. The third-order valence-electron chi connectivity index (χ3n) is 2.72. The molecular weight excluding hydrogens is 232 g/mol. The van der Waals surface area contributed by atoms with Crippen molar-refractivity contribution < 1.29 is 25.2 Å². The van der Waals surface area contributed by atoms with E-state index in [1.165, 1.54) is 18.7 Å². The van der Waals surface area contributed by atoms with Crippen LogP contribution < -0.4 is 0 Å². The van der Waals surface area contributed by atoms with E-state index in [1.54, 1.807) is 0 Å². The standard InChI is InChI=1S/C10H20O5S/c1-5(2)16-9-7(12)8(13)10(3,14)6(4-11)15-9/h5-9,11-14H,4H2,1-3H3/t6?,7-,8?,9-,10+/m1/s1. The molecule has 0 saturated carbocycles. The van der Waals surface area contributed by atoms with E-state index in [4.69, 9.17) is 9.84 Å². The normalized spacial score (nSPS) is 45.0. The summed E-state index contributed by atoms with van der Waals surface area (Å²) in [4.78, 5) is 0. The zero-order valence-corrected chi connectivity index (χ0v) is 10.5. The third-order valence-corrected chi connectivity index (χ3v) is 3.93. The van der Waals surface area contributed by atoms with Crippen molar-refractivity contribution in [3.63, 3.8) is 0 Å². The molecule has 2 unspecified atom stereocenters. The molecule has 0 aromatic heterocycles. The molecule has 0 spiro atoms. The third kappa shape index (κ3) is 2.69. The minimum atomic E-state index is -1.64. The molecule has 0 amide bonds. The van der Waals surface area contributed by atoms with Crippen LogP contribution in [0.5, 0.6) is 0 Å². The van der Waals surface area contributed by atoms with Gasteiger partial charge < -0.3 is 25.2 Å². The number of hydrogen-bond acceptors (Lipinski definition) is 6. The fourth-order valence-electron chi connectivity index (χ4n) is 1.67. The van der Waals surface area contributed by atoms with Gasteiger partial charge >= 0.3 is 0 Å². The van der Waals surface area contributed by atoms with E-state index in [-0.39, 0.29) is 5.25 Å². The molecule has 1 rings (SSSR count). The van der Waals surface area contributed by atoms with Gasteiger partial charge in [0.25, 0.3) is 0 Å². The zero-order chi connectivity index (χ0) is 12.5. The molecule has 0 bridgehead atoms. The molecule has 1 aliphatic heterocycles. The van der Waals surface area contributed by atoms with Crippen molar-refractivity contribution >= 4 is 11.8 Å². The van der Waals surface area contributed by atoms with E-state index in [1.807, 2.05) is 13.8 Å². The van der Waals surface area contributed by atoms with Crippen molar-refractivity contribution in [3.05, 3.63) is 0 Å². The lowest BCUT2D eigenvalue weighted by Crippen LogP contribution is -2.64. The number of ether oxygens (including phenoxy) is 1. The minimum Gasteiger partial charge on any atom is -0.394 e. The Bertz CT molecular complexity index is 229. The van der Waals surface area contributed by atoms with Crippen LogP contribution in [-0.4, -0.2) is 61.6 Å². The molecule has 96 valence electrons. The molecule has 5 nitrogen and oxygen atoms in total. The van der Waals surface area contributed by atoms with Gasteiger partial charge in [0, 0.05) is 5.25 Å². The second kappa shape index (κ2) is 5.20. The molecule has 5 atom stereocenters. The maximum Gasteiger partial charge on any atom is 0.132 e. The molecule has 1 aliphatic rings. The smallest absolute Gasteiger partial charge is 0.132 e. The Kier molecular flexibility index (Phi) is 4.62. The Hall–Kier alpha value is 0.150. The molecule has 0 radical (unpaired) electrons.